The highest BCUT2D eigenvalue weighted by Gasteiger charge is 1.97. The van der Waals surface area contributed by atoms with E-state index in [1.54, 1.807) is 6.92 Å². The van der Waals surface area contributed by atoms with Crippen molar-refractivity contribution in [3.8, 4) is 0 Å². The van der Waals surface area contributed by atoms with Crippen LogP contribution < -0.4 is 0 Å². The van der Waals surface area contributed by atoms with Gasteiger partial charge >= 0.3 is 5.97 Å². The number of hydrogen-bond acceptors (Lipinski definition) is 3. The van der Waals surface area contributed by atoms with Crippen molar-refractivity contribution in [3.63, 3.8) is 0 Å². The van der Waals surface area contributed by atoms with Crippen molar-refractivity contribution in [2.45, 2.75) is 77.2 Å². The van der Waals surface area contributed by atoms with Gasteiger partial charge in [-0.2, -0.15) is 0 Å². The number of unbranched alkanes of at least 4 members (excludes halogenated alkanes) is 6. The molecule has 0 spiro atoms. The number of aliphatic hydroxyl groups excluding tert-OH is 1. The number of hydrogen-bond donors (Lipinski definition) is 2. The van der Waals surface area contributed by atoms with E-state index in [-0.39, 0.29) is 6.10 Å². The summed E-state index contributed by atoms with van der Waals surface area (Å²) in [7, 11) is 0. The van der Waals surface area contributed by atoms with Crippen LogP contribution in [-0.2, 0) is 9.53 Å². The SMILES string of the molecule is CC(O)CCCOCCCCCCCCCC(=O)O. The highest BCUT2D eigenvalue weighted by molar-refractivity contribution is 5.66. The lowest BCUT2D eigenvalue weighted by Gasteiger charge is -2.05. The molecule has 0 aromatic heterocycles. The Morgan fingerprint density at radius 1 is 0.947 bits per heavy atom. The van der Waals surface area contributed by atoms with Gasteiger partial charge in [0.25, 0.3) is 0 Å². The van der Waals surface area contributed by atoms with Crippen LogP contribution in [0.3, 0.4) is 0 Å². The molecule has 0 amide bonds. The van der Waals surface area contributed by atoms with E-state index >= 15 is 0 Å². The lowest BCUT2D eigenvalue weighted by molar-refractivity contribution is -0.137. The summed E-state index contributed by atoms with van der Waals surface area (Å²) < 4.78 is 5.48. The fraction of sp³-hybridized carbons (Fsp3) is 0.933. The van der Waals surface area contributed by atoms with Crippen molar-refractivity contribution in [2.24, 2.45) is 0 Å². The highest BCUT2D eigenvalue weighted by atomic mass is 16.5. The van der Waals surface area contributed by atoms with Gasteiger partial charge in [0.1, 0.15) is 0 Å². The molecule has 0 bridgehead atoms. The molecule has 0 aromatic rings. The number of carbonyl (C=O) groups is 1. The van der Waals surface area contributed by atoms with Gasteiger partial charge < -0.3 is 14.9 Å². The molecule has 1 unspecified atom stereocenters. The molecular formula is C15H30O4. The van der Waals surface area contributed by atoms with E-state index in [0.717, 1.165) is 51.7 Å². The van der Waals surface area contributed by atoms with Crippen LogP contribution in [0.1, 0.15) is 71.1 Å². The van der Waals surface area contributed by atoms with Gasteiger partial charge in [-0.15, -0.1) is 0 Å². The average Bonchev–Trinajstić information content (AvgIpc) is 2.34. The van der Waals surface area contributed by atoms with Crippen molar-refractivity contribution in [1.82, 2.24) is 0 Å². The molecule has 0 heterocycles. The summed E-state index contributed by atoms with van der Waals surface area (Å²) in [6.07, 6.45) is 9.51. The summed E-state index contributed by atoms with van der Waals surface area (Å²) in [5, 5.41) is 17.5. The number of aliphatic hydroxyl groups is 1. The van der Waals surface area contributed by atoms with Crippen molar-refractivity contribution < 1.29 is 19.7 Å². The fourth-order valence-electron chi connectivity index (χ4n) is 1.95. The predicted octanol–water partition coefficient (Wildman–Crippen LogP) is 3.37. The van der Waals surface area contributed by atoms with E-state index in [4.69, 9.17) is 14.9 Å². The normalized spacial score (nSPS) is 12.5. The summed E-state index contributed by atoms with van der Waals surface area (Å²) in [6, 6.07) is 0. The molecule has 0 aromatic carbocycles. The van der Waals surface area contributed by atoms with E-state index in [1.165, 1.54) is 19.3 Å². The first-order valence-corrected chi connectivity index (χ1v) is 7.60. The smallest absolute Gasteiger partial charge is 0.303 e. The Hall–Kier alpha value is -0.610. The van der Waals surface area contributed by atoms with Gasteiger partial charge in [0, 0.05) is 19.6 Å². The largest absolute Gasteiger partial charge is 0.481 e. The minimum absolute atomic E-state index is 0.218. The molecule has 0 aliphatic heterocycles. The molecule has 0 saturated heterocycles. The Morgan fingerprint density at radius 2 is 1.47 bits per heavy atom. The molecule has 19 heavy (non-hydrogen) atoms. The zero-order valence-electron chi connectivity index (χ0n) is 12.3. The van der Waals surface area contributed by atoms with E-state index in [2.05, 4.69) is 0 Å². The molecule has 0 radical (unpaired) electrons. The van der Waals surface area contributed by atoms with Crippen molar-refractivity contribution in [1.29, 1.82) is 0 Å². The Morgan fingerprint density at radius 3 is 2.05 bits per heavy atom. The third-order valence-electron chi connectivity index (χ3n) is 3.09. The molecular weight excluding hydrogens is 244 g/mol. The van der Waals surface area contributed by atoms with Gasteiger partial charge in [0.2, 0.25) is 0 Å². The standard InChI is InChI=1S/C15H30O4/c1-14(16)10-9-13-19-12-8-6-4-2-3-5-7-11-15(17)18/h14,16H,2-13H2,1H3,(H,17,18). The van der Waals surface area contributed by atoms with Crippen LogP contribution in [0, 0.1) is 0 Å². The second-order valence-electron chi connectivity index (χ2n) is 5.22. The van der Waals surface area contributed by atoms with Gasteiger partial charge in [-0.25, -0.2) is 0 Å². The first kappa shape index (κ1) is 18.4. The van der Waals surface area contributed by atoms with Crippen molar-refractivity contribution in [3.05, 3.63) is 0 Å². The monoisotopic (exact) mass is 274 g/mol. The van der Waals surface area contributed by atoms with E-state index in [9.17, 15) is 4.79 Å². The first-order valence-electron chi connectivity index (χ1n) is 7.60. The average molecular weight is 274 g/mol. The second-order valence-corrected chi connectivity index (χ2v) is 5.22. The maximum Gasteiger partial charge on any atom is 0.303 e. The van der Waals surface area contributed by atoms with Crippen LogP contribution >= 0.6 is 0 Å². The maximum absolute atomic E-state index is 10.3. The van der Waals surface area contributed by atoms with E-state index < -0.39 is 5.97 Å². The Labute approximate surface area is 117 Å². The maximum atomic E-state index is 10.3. The summed E-state index contributed by atoms with van der Waals surface area (Å²) in [5.41, 5.74) is 0. The third-order valence-corrected chi connectivity index (χ3v) is 3.09. The number of carboxylic acid groups (broad SMARTS) is 1. The molecule has 0 aliphatic carbocycles. The fourth-order valence-corrected chi connectivity index (χ4v) is 1.95. The lowest BCUT2D eigenvalue weighted by Crippen LogP contribution is -2.03. The minimum atomic E-state index is -0.687. The van der Waals surface area contributed by atoms with Gasteiger partial charge in [-0.1, -0.05) is 32.1 Å². The van der Waals surface area contributed by atoms with E-state index in [1.807, 2.05) is 0 Å². The second kappa shape index (κ2) is 13.8. The minimum Gasteiger partial charge on any atom is -0.481 e. The zero-order valence-corrected chi connectivity index (χ0v) is 12.3. The predicted molar refractivity (Wildman–Crippen MR) is 76.3 cm³/mol. The van der Waals surface area contributed by atoms with Crippen LogP contribution in [0.4, 0.5) is 0 Å². The first-order chi connectivity index (χ1) is 9.13. The van der Waals surface area contributed by atoms with Gasteiger partial charge in [-0.3, -0.25) is 4.79 Å². The van der Waals surface area contributed by atoms with Crippen LogP contribution in [0.25, 0.3) is 0 Å². The summed E-state index contributed by atoms with van der Waals surface area (Å²) >= 11 is 0. The van der Waals surface area contributed by atoms with Crippen molar-refractivity contribution >= 4 is 5.97 Å². The quantitative estimate of drug-likeness (QED) is 0.477. The number of carboxylic acids is 1. The Bertz CT molecular complexity index is 204. The summed E-state index contributed by atoms with van der Waals surface area (Å²) in [4.78, 5) is 10.3. The third kappa shape index (κ3) is 17.4. The van der Waals surface area contributed by atoms with Gasteiger partial charge in [-0.05, 0) is 32.6 Å². The van der Waals surface area contributed by atoms with Crippen LogP contribution in [0.2, 0.25) is 0 Å². The molecule has 4 heteroatoms. The molecule has 114 valence electrons. The molecule has 1 atom stereocenters. The van der Waals surface area contributed by atoms with E-state index in [0.29, 0.717) is 6.42 Å². The topological polar surface area (TPSA) is 66.8 Å². The number of ether oxygens (including phenoxy) is 1. The van der Waals surface area contributed by atoms with Crippen molar-refractivity contribution in [2.75, 3.05) is 13.2 Å². The zero-order chi connectivity index (χ0) is 14.3. The lowest BCUT2D eigenvalue weighted by atomic mass is 10.1. The molecule has 0 rings (SSSR count). The molecule has 0 aliphatic rings. The molecule has 0 fully saturated rings. The summed E-state index contributed by atoms with van der Waals surface area (Å²) in [6.45, 7) is 3.37. The molecule has 2 N–H and O–H groups in total. The van der Waals surface area contributed by atoms with Gasteiger partial charge in [0.15, 0.2) is 0 Å². The number of aliphatic carboxylic acids is 1. The van der Waals surface area contributed by atoms with Crippen LogP contribution in [-0.4, -0.2) is 35.5 Å². The highest BCUT2D eigenvalue weighted by Crippen LogP contribution is 2.08. The molecule has 0 saturated carbocycles. The van der Waals surface area contributed by atoms with Gasteiger partial charge in [0.05, 0.1) is 6.10 Å². The van der Waals surface area contributed by atoms with Crippen LogP contribution in [0.15, 0.2) is 0 Å². The summed E-state index contributed by atoms with van der Waals surface area (Å²) in [5.74, 6) is -0.687. The molecule has 4 nitrogen and oxygen atoms in total. The Kier molecular flexibility index (Phi) is 13.4. The van der Waals surface area contributed by atoms with Crippen LogP contribution in [0.5, 0.6) is 0 Å². The Balaban J connectivity index is 2.97. The number of rotatable bonds is 14.